The van der Waals surface area contributed by atoms with Crippen LogP contribution in [0.1, 0.15) is 31.3 Å². The molecule has 0 saturated carbocycles. The van der Waals surface area contributed by atoms with Crippen molar-refractivity contribution in [2.24, 2.45) is 0 Å². The molecule has 2 saturated heterocycles. The Hall–Kier alpha value is -1.96. The topological polar surface area (TPSA) is 78.6 Å². The summed E-state index contributed by atoms with van der Waals surface area (Å²) < 4.78 is 97.3. The van der Waals surface area contributed by atoms with Crippen LogP contribution in [0.25, 0.3) is 11.0 Å². The SMILES string of the molecule is CC1(C)O[C@@H]2[C@H](O1)[C@@H](CO)O[C@H]2n1ncc2c(C(F)(F)F)cc(C(F)(F)F)nc21. The predicted octanol–water partition coefficient (Wildman–Crippen LogP) is 2.88. The number of ether oxygens (including phenoxy) is 3. The summed E-state index contributed by atoms with van der Waals surface area (Å²) >= 11 is 0. The number of pyridine rings is 1. The molecule has 13 heteroatoms. The van der Waals surface area contributed by atoms with Crippen LogP contribution in [0.3, 0.4) is 0 Å². The lowest BCUT2D eigenvalue weighted by atomic mass is 10.1. The second-order valence-electron chi connectivity index (χ2n) is 7.19. The Bertz CT molecular complexity index is 941. The molecule has 2 aliphatic heterocycles. The van der Waals surface area contributed by atoms with Crippen molar-refractivity contribution in [3.63, 3.8) is 0 Å². The maximum Gasteiger partial charge on any atom is 0.433 e. The number of aromatic nitrogens is 3. The molecule has 0 aromatic carbocycles. The molecule has 0 spiro atoms. The van der Waals surface area contributed by atoms with E-state index in [0.29, 0.717) is 0 Å². The summed E-state index contributed by atoms with van der Waals surface area (Å²) in [6.45, 7) is 2.67. The van der Waals surface area contributed by atoms with Crippen LogP contribution >= 0.6 is 0 Å². The summed E-state index contributed by atoms with van der Waals surface area (Å²) in [7, 11) is 0. The van der Waals surface area contributed by atoms with Crippen molar-refractivity contribution >= 4 is 11.0 Å². The highest BCUT2D eigenvalue weighted by atomic mass is 19.4. The molecule has 0 aliphatic carbocycles. The van der Waals surface area contributed by atoms with Crippen LogP contribution in [0.2, 0.25) is 0 Å². The third kappa shape index (κ3) is 3.35. The van der Waals surface area contributed by atoms with Crippen LogP contribution in [0.15, 0.2) is 12.3 Å². The Morgan fingerprint density at radius 3 is 2.34 bits per heavy atom. The number of nitrogens with zero attached hydrogens (tertiary/aromatic N) is 3. The van der Waals surface area contributed by atoms with Gasteiger partial charge in [0.2, 0.25) is 0 Å². The molecule has 7 nitrogen and oxygen atoms in total. The molecular weight excluding hydrogens is 412 g/mol. The molecule has 2 aliphatic rings. The van der Waals surface area contributed by atoms with Gasteiger partial charge in [-0.15, -0.1) is 0 Å². The Morgan fingerprint density at radius 2 is 1.76 bits per heavy atom. The molecule has 2 aromatic rings. The van der Waals surface area contributed by atoms with Crippen LogP contribution < -0.4 is 0 Å². The largest absolute Gasteiger partial charge is 0.433 e. The van der Waals surface area contributed by atoms with Gasteiger partial charge in [0.15, 0.2) is 17.7 Å². The fourth-order valence-corrected chi connectivity index (χ4v) is 3.59. The van der Waals surface area contributed by atoms with Crippen molar-refractivity contribution in [2.45, 2.75) is 56.5 Å². The number of alkyl halides is 6. The zero-order valence-electron chi connectivity index (χ0n) is 15.0. The predicted molar refractivity (Wildman–Crippen MR) is 82.4 cm³/mol. The Morgan fingerprint density at radius 1 is 1.10 bits per heavy atom. The van der Waals surface area contributed by atoms with E-state index in [1.165, 1.54) is 0 Å². The molecule has 0 unspecified atom stereocenters. The van der Waals surface area contributed by atoms with Crippen molar-refractivity contribution in [1.82, 2.24) is 14.8 Å². The molecule has 4 rings (SSSR count). The lowest BCUT2D eigenvalue weighted by Crippen LogP contribution is -2.31. The van der Waals surface area contributed by atoms with Gasteiger partial charge in [0, 0.05) is 0 Å². The van der Waals surface area contributed by atoms with Gasteiger partial charge in [-0.25, -0.2) is 9.67 Å². The van der Waals surface area contributed by atoms with E-state index in [-0.39, 0.29) is 6.07 Å². The molecule has 29 heavy (non-hydrogen) atoms. The molecular formula is C16H15F6N3O4. The van der Waals surface area contributed by atoms with Gasteiger partial charge in [-0.2, -0.15) is 31.4 Å². The van der Waals surface area contributed by atoms with Crippen LogP contribution in [0, 0.1) is 0 Å². The molecule has 0 bridgehead atoms. The van der Waals surface area contributed by atoms with Crippen molar-refractivity contribution in [2.75, 3.05) is 6.61 Å². The minimum atomic E-state index is -5.11. The summed E-state index contributed by atoms with van der Waals surface area (Å²) in [5.74, 6) is -1.09. The van der Waals surface area contributed by atoms with E-state index in [2.05, 4.69) is 10.1 Å². The number of rotatable bonds is 2. The summed E-state index contributed by atoms with van der Waals surface area (Å²) in [5, 5.41) is 12.7. The Balaban J connectivity index is 1.87. The molecule has 2 aromatic heterocycles. The average Bonchev–Trinajstić information content (AvgIpc) is 3.22. The first kappa shape index (κ1) is 20.3. The summed E-state index contributed by atoms with van der Waals surface area (Å²) in [4.78, 5) is 3.36. The summed E-state index contributed by atoms with van der Waals surface area (Å²) in [5.41, 5.74) is -3.89. The maximum atomic E-state index is 13.4. The first-order chi connectivity index (χ1) is 13.3. The second-order valence-corrected chi connectivity index (χ2v) is 7.19. The average molecular weight is 427 g/mol. The Kier molecular flexibility index (Phi) is 4.39. The fraction of sp³-hybridized carbons (Fsp3) is 0.625. The fourth-order valence-electron chi connectivity index (χ4n) is 3.59. The van der Waals surface area contributed by atoms with Crippen LogP contribution in [0.5, 0.6) is 0 Å². The van der Waals surface area contributed by atoms with Crippen molar-refractivity contribution < 1.29 is 45.7 Å². The number of fused-ring (bicyclic) bond motifs is 2. The van der Waals surface area contributed by atoms with Crippen LogP contribution in [-0.4, -0.2) is 50.6 Å². The highest BCUT2D eigenvalue weighted by molar-refractivity contribution is 5.80. The van der Waals surface area contributed by atoms with Gasteiger partial charge in [-0.1, -0.05) is 0 Å². The monoisotopic (exact) mass is 427 g/mol. The number of hydrogen-bond acceptors (Lipinski definition) is 6. The minimum Gasteiger partial charge on any atom is -0.394 e. The van der Waals surface area contributed by atoms with Gasteiger partial charge >= 0.3 is 12.4 Å². The van der Waals surface area contributed by atoms with Crippen molar-refractivity contribution in [3.8, 4) is 0 Å². The summed E-state index contributed by atoms with van der Waals surface area (Å²) in [6.07, 6.45) is -13.2. The highest BCUT2D eigenvalue weighted by Crippen LogP contribution is 2.45. The van der Waals surface area contributed by atoms with Gasteiger partial charge in [-0.3, -0.25) is 0 Å². The molecule has 0 radical (unpaired) electrons. The van der Waals surface area contributed by atoms with E-state index in [4.69, 9.17) is 14.2 Å². The highest BCUT2D eigenvalue weighted by Gasteiger charge is 2.56. The number of halogens is 6. The first-order valence-electron chi connectivity index (χ1n) is 8.46. The first-order valence-corrected chi connectivity index (χ1v) is 8.46. The van der Waals surface area contributed by atoms with Gasteiger partial charge in [0.1, 0.15) is 24.0 Å². The van der Waals surface area contributed by atoms with E-state index in [9.17, 15) is 31.4 Å². The molecule has 1 N–H and O–H groups in total. The van der Waals surface area contributed by atoms with Gasteiger partial charge < -0.3 is 19.3 Å². The minimum absolute atomic E-state index is 0.0541. The second kappa shape index (κ2) is 6.27. The number of aliphatic hydroxyl groups is 1. The third-order valence-corrected chi connectivity index (χ3v) is 4.71. The van der Waals surface area contributed by atoms with Crippen molar-refractivity contribution in [1.29, 1.82) is 0 Å². The zero-order valence-corrected chi connectivity index (χ0v) is 15.0. The van der Waals surface area contributed by atoms with E-state index >= 15 is 0 Å². The van der Waals surface area contributed by atoms with Crippen LogP contribution in [0.4, 0.5) is 26.3 Å². The van der Waals surface area contributed by atoms with E-state index in [1.807, 2.05) is 0 Å². The third-order valence-electron chi connectivity index (χ3n) is 4.71. The van der Waals surface area contributed by atoms with Crippen molar-refractivity contribution in [3.05, 3.63) is 23.5 Å². The smallest absolute Gasteiger partial charge is 0.394 e. The van der Waals surface area contributed by atoms with Gasteiger partial charge in [0.25, 0.3) is 0 Å². The maximum absolute atomic E-state index is 13.4. The summed E-state index contributed by atoms with van der Waals surface area (Å²) in [6, 6.07) is -0.0541. The molecule has 4 heterocycles. The van der Waals surface area contributed by atoms with Gasteiger partial charge in [-0.05, 0) is 19.9 Å². The van der Waals surface area contributed by atoms with Gasteiger partial charge in [0.05, 0.1) is 23.8 Å². The van der Waals surface area contributed by atoms with E-state index in [0.717, 1.165) is 10.9 Å². The van der Waals surface area contributed by atoms with Crippen LogP contribution in [-0.2, 0) is 26.6 Å². The molecule has 4 atom stereocenters. The van der Waals surface area contributed by atoms with E-state index < -0.39 is 71.6 Å². The molecule has 160 valence electrons. The lowest BCUT2D eigenvalue weighted by Gasteiger charge is -2.24. The quantitative estimate of drug-likeness (QED) is 0.743. The standard InChI is InChI=1S/C16H15F6N3O4/c1-14(2)28-10-8(5-26)27-13(11(10)29-14)25-12-6(4-23-25)7(15(17,18)19)3-9(24-12)16(20,21)22/h3-4,8,10-11,13,26H,5H2,1-2H3/t8-,10-,11-,13-/m1/s1. The Labute approximate surface area is 159 Å². The normalized spacial score (nSPS) is 29.6. The molecule has 0 amide bonds. The lowest BCUT2D eigenvalue weighted by molar-refractivity contribution is -0.201. The number of aliphatic hydroxyl groups excluding tert-OH is 1. The zero-order chi connectivity index (χ0) is 21.4. The number of hydrogen-bond donors (Lipinski definition) is 1. The molecule has 2 fully saturated rings. The van der Waals surface area contributed by atoms with E-state index in [1.54, 1.807) is 13.8 Å².